The van der Waals surface area contributed by atoms with Gasteiger partial charge in [0, 0.05) is 18.7 Å². The topological polar surface area (TPSA) is 97.1 Å². The summed E-state index contributed by atoms with van der Waals surface area (Å²) in [4.78, 5) is 22.2. The maximum absolute atomic E-state index is 11.8. The Morgan fingerprint density at radius 1 is 1.35 bits per heavy atom. The Morgan fingerprint density at radius 3 is 2.65 bits per heavy atom. The quantitative estimate of drug-likeness (QED) is 0.697. The predicted octanol–water partition coefficient (Wildman–Crippen LogP) is 1.16. The molecule has 0 radical (unpaired) electrons. The van der Waals surface area contributed by atoms with Crippen LogP contribution in [0.2, 0.25) is 0 Å². The third-order valence-electron chi connectivity index (χ3n) is 2.84. The number of hydrogen-bond donors (Lipinski definition) is 2. The van der Waals surface area contributed by atoms with Gasteiger partial charge in [0.25, 0.3) is 0 Å². The molecule has 7 heteroatoms. The van der Waals surface area contributed by atoms with Crippen LogP contribution in [0.1, 0.15) is 51.8 Å². The molecule has 1 aromatic heterocycles. The highest BCUT2D eigenvalue weighted by atomic mass is 16.4. The first-order valence-electron chi connectivity index (χ1n) is 6.83. The Labute approximate surface area is 118 Å². The Hall–Kier alpha value is -1.92. The van der Waals surface area contributed by atoms with Crippen LogP contribution in [0.25, 0.3) is 0 Å². The molecule has 0 aliphatic rings. The summed E-state index contributed by atoms with van der Waals surface area (Å²) in [5, 5.41) is 19.3. The normalized spacial score (nSPS) is 12.4. The molecular weight excluding hydrogens is 260 g/mol. The highest BCUT2D eigenvalue weighted by Gasteiger charge is 2.17. The van der Waals surface area contributed by atoms with Crippen LogP contribution in [-0.4, -0.2) is 38.0 Å². The largest absolute Gasteiger partial charge is 0.481 e. The Bertz CT molecular complexity index is 456. The van der Waals surface area contributed by atoms with E-state index in [1.165, 1.54) is 4.68 Å². The number of aliphatic carboxylic acids is 1. The van der Waals surface area contributed by atoms with Gasteiger partial charge in [0.05, 0.1) is 5.69 Å². The highest BCUT2D eigenvalue weighted by molar-refractivity contribution is 5.79. The Balaban J connectivity index is 2.45. The van der Waals surface area contributed by atoms with E-state index in [1.807, 2.05) is 13.8 Å². The highest BCUT2D eigenvalue weighted by Crippen LogP contribution is 2.08. The van der Waals surface area contributed by atoms with Gasteiger partial charge in [-0.3, -0.25) is 9.59 Å². The molecular formula is C13H22N4O3. The molecule has 1 atom stereocenters. The van der Waals surface area contributed by atoms with Gasteiger partial charge in [-0.15, -0.1) is 5.10 Å². The van der Waals surface area contributed by atoms with Crippen molar-refractivity contribution in [1.29, 1.82) is 0 Å². The minimum atomic E-state index is -0.785. The van der Waals surface area contributed by atoms with Crippen LogP contribution in [0.15, 0.2) is 6.20 Å². The first-order valence-corrected chi connectivity index (χ1v) is 6.83. The summed E-state index contributed by atoms with van der Waals surface area (Å²) in [6.07, 6.45) is 3.95. The van der Waals surface area contributed by atoms with Crippen molar-refractivity contribution in [2.24, 2.45) is 0 Å². The molecule has 7 nitrogen and oxygen atoms in total. The molecule has 112 valence electrons. The van der Waals surface area contributed by atoms with Crippen molar-refractivity contribution < 1.29 is 14.7 Å². The smallest absolute Gasteiger partial charge is 0.303 e. The number of aromatic nitrogens is 3. The summed E-state index contributed by atoms with van der Waals surface area (Å²) >= 11 is 0. The van der Waals surface area contributed by atoms with Crippen LogP contribution in [-0.2, 0) is 16.0 Å². The molecule has 1 aromatic rings. The zero-order valence-corrected chi connectivity index (χ0v) is 12.2. The van der Waals surface area contributed by atoms with Crippen LogP contribution in [0.4, 0.5) is 0 Å². The van der Waals surface area contributed by atoms with E-state index in [2.05, 4.69) is 15.6 Å². The van der Waals surface area contributed by atoms with Crippen LogP contribution < -0.4 is 5.32 Å². The third-order valence-corrected chi connectivity index (χ3v) is 2.84. The van der Waals surface area contributed by atoms with Crippen molar-refractivity contribution in [1.82, 2.24) is 20.3 Å². The summed E-state index contributed by atoms with van der Waals surface area (Å²) in [5.41, 5.74) is 0.777. The van der Waals surface area contributed by atoms with Gasteiger partial charge in [0.15, 0.2) is 0 Å². The van der Waals surface area contributed by atoms with Crippen LogP contribution in [0.3, 0.4) is 0 Å². The minimum absolute atomic E-state index is 0.0870. The first kappa shape index (κ1) is 16.1. The average molecular weight is 282 g/mol. The zero-order chi connectivity index (χ0) is 15.1. The molecule has 0 fully saturated rings. The number of amides is 1. The predicted molar refractivity (Wildman–Crippen MR) is 73.2 cm³/mol. The lowest BCUT2D eigenvalue weighted by Gasteiger charge is -2.13. The molecule has 0 aliphatic heterocycles. The molecule has 0 saturated heterocycles. The second-order valence-corrected chi connectivity index (χ2v) is 5.13. The van der Waals surface area contributed by atoms with Gasteiger partial charge in [-0.05, 0) is 40.0 Å². The molecule has 1 heterocycles. The zero-order valence-electron chi connectivity index (χ0n) is 12.2. The number of aryl methyl sites for hydroxylation is 1. The van der Waals surface area contributed by atoms with Crippen molar-refractivity contribution in [3.8, 4) is 0 Å². The number of rotatable bonds is 8. The van der Waals surface area contributed by atoms with Crippen LogP contribution in [0, 0.1) is 0 Å². The van der Waals surface area contributed by atoms with Crippen molar-refractivity contribution in [3.63, 3.8) is 0 Å². The second kappa shape index (κ2) is 7.62. The third kappa shape index (κ3) is 5.38. The fraction of sp³-hybridized carbons (Fsp3) is 0.692. The number of hydrogen-bond acceptors (Lipinski definition) is 4. The van der Waals surface area contributed by atoms with E-state index in [4.69, 9.17) is 5.11 Å². The monoisotopic (exact) mass is 282 g/mol. The van der Waals surface area contributed by atoms with E-state index in [-0.39, 0.29) is 18.4 Å². The SMILES string of the molecule is CC(C)NC(=O)C(C)n1cc(CCCCC(=O)O)nn1. The number of nitrogens with zero attached hydrogens (tertiary/aromatic N) is 3. The van der Waals surface area contributed by atoms with E-state index in [9.17, 15) is 9.59 Å². The van der Waals surface area contributed by atoms with Crippen molar-refractivity contribution in [2.75, 3.05) is 0 Å². The van der Waals surface area contributed by atoms with Crippen molar-refractivity contribution in [2.45, 2.75) is 58.5 Å². The van der Waals surface area contributed by atoms with Gasteiger partial charge in [0.1, 0.15) is 6.04 Å². The van der Waals surface area contributed by atoms with Gasteiger partial charge in [-0.2, -0.15) is 0 Å². The van der Waals surface area contributed by atoms with Gasteiger partial charge in [-0.1, -0.05) is 5.21 Å². The molecule has 2 N–H and O–H groups in total. The van der Waals surface area contributed by atoms with E-state index in [0.29, 0.717) is 12.8 Å². The summed E-state index contributed by atoms with van der Waals surface area (Å²) < 4.78 is 1.53. The maximum Gasteiger partial charge on any atom is 0.303 e. The molecule has 20 heavy (non-hydrogen) atoms. The summed E-state index contributed by atoms with van der Waals surface area (Å²) in [6.45, 7) is 5.57. The lowest BCUT2D eigenvalue weighted by atomic mass is 10.1. The molecule has 0 spiro atoms. The lowest BCUT2D eigenvalue weighted by Crippen LogP contribution is -2.35. The maximum atomic E-state index is 11.8. The van der Waals surface area contributed by atoms with Gasteiger partial charge in [-0.25, -0.2) is 4.68 Å². The van der Waals surface area contributed by atoms with E-state index in [0.717, 1.165) is 12.1 Å². The lowest BCUT2D eigenvalue weighted by molar-refractivity contribution is -0.137. The average Bonchev–Trinajstić information content (AvgIpc) is 2.81. The first-order chi connectivity index (χ1) is 9.40. The fourth-order valence-electron chi connectivity index (χ4n) is 1.72. The second-order valence-electron chi connectivity index (χ2n) is 5.13. The number of carbonyl (C=O) groups is 2. The summed E-state index contributed by atoms with van der Waals surface area (Å²) in [6, 6.07) is -0.318. The number of unbranched alkanes of at least 4 members (excludes halogenated alkanes) is 1. The van der Waals surface area contributed by atoms with Gasteiger partial charge >= 0.3 is 5.97 Å². The number of carboxylic acid groups (broad SMARTS) is 1. The fourth-order valence-corrected chi connectivity index (χ4v) is 1.72. The van der Waals surface area contributed by atoms with E-state index in [1.54, 1.807) is 13.1 Å². The minimum Gasteiger partial charge on any atom is -0.481 e. The molecule has 0 aromatic carbocycles. The van der Waals surface area contributed by atoms with Crippen LogP contribution in [0.5, 0.6) is 0 Å². The van der Waals surface area contributed by atoms with Gasteiger partial charge in [0.2, 0.25) is 5.91 Å². The van der Waals surface area contributed by atoms with Gasteiger partial charge < -0.3 is 10.4 Å². The molecule has 1 amide bonds. The number of carboxylic acids is 1. The number of nitrogens with one attached hydrogen (secondary N) is 1. The molecule has 0 aliphatic carbocycles. The molecule has 0 saturated carbocycles. The van der Waals surface area contributed by atoms with E-state index < -0.39 is 12.0 Å². The molecule has 0 bridgehead atoms. The molecule has 1 unspecified atom stereocenters. The van der Waals surface area contributed by atoms with Crippen molar-refractivity contribution in [3.05, 3.63) is 11.9 Å². The number of carbonyl (C=O) groups excluding carboxylic acids is 1. The Morgan fingerprint density at radius 2 is 2.05 bits per heavy atom. The van der Waals surface area contributed by atoms with Crippen LogP contribution >= 0.6 is 0 Å². The standard InChI is InChI=1S/C13H22N4O3/c1-9(2)14-13(20)10(3)17-8-11(15-16-17)6-4-5-7-12(18)19/h8-10H,4-7H2,1-3H3,(H,14,20)(H,18,19). The van der Waals surface area contributed by atoms with E-state index >= 15 is 0 Å². The summed E-state index contributed by atoms with van der Waals surface area (Å²) in [7, 11) is 0. The Kier molecular flexibility index (Phi) is 6.14. The summed E-state index contributed by atoms with van der Waals surface area (Å²) in [5.74, 6) is -0.880. The molecule has 1 rings (SSSR count). The van der Waals surface area contributed by atoms with Crippen molar-refractivity contribution >= 4 is 11.9 Å².